The summed E-state index contributed by atoms with van der Waals surface area (Å²) in [4.78, 5) is 5.02. The highest BCUT2D eigenvalue weighted by atomic mass is 15.2. The van der Waals surface area contributed by atoms with Crippen molar-refractivity contribution in [1.82, 2.24) is 4.57 Å². The lowest BCUT2D eigenvalue weighted by Crippen LogP contribution is -2.16. The molecule has 12 rings (SSSR count). The van der Waals surface area contributed by atoms with E-state index in [9.17, 15) is 0 Å². The summed E-state index contributed by atoms with van der Waals surface area (Å²) in [5, 5.41) is 2.39. The lowest BCUT2D eigenvalue weighted by Gasteiger charge is -2.31. The third kappa shape index (κ3) is 5.39. The number of hydrogen-bond donors (Lipinski definition) is 0. The highest BCUT2D eigenvalue weighted by molar-refractivity contribution is 6.19. The maximum atomic E-state index is 2.53. The van der Waals surface area contributed by atoms with Crippen molar-refractivity contribution in [2.45, 2.75) is 38.5 Å². The molecular formula is C60H47N3. The maximum Gasteiger partial charge on any atom is 0.0783 e. The molecule has 2 aliphatic rings. The molecule has 2 aliphatic carbocycles. The summed E-state index contributed by atoms with van der Waals surface area (Å²) in [5.41, 5.74) is 20.5. The molecule has 3 nitrogen and oxygen atoms in total. The Kier molecular flexibility index (Phi) is 8.23. The molecule has 0 amide bonds. The Labute approximate surface area is 369 Å². The fraction of sp³-hybridized carbons (Fsp3) is 0.100. The van der Waals surface area contributed by atoms with E-state index in [4.69, 9.17) is 0 Å². The van der Waals surface area contributed by atoms with E-state index >= 15 is 0 Å². The molecule has 0 saturated heterocycles. The minimum atomic E-state index is -0.140. The lowest BCUT2D eigenvalue weighted by atomic mass is 9.82. The normalized spacial score (nSPS) is 14.0. The van der Waals surface area contributed by atoms with Gasteiger partial charge in [0.25, 0.3) is 0 Å². The summed E-state index contributed by atoms with van der Waals surface area (Å²) in [7, 11) is 0. The Morgan fingerprint density at radius 3 is 1.11 bits per heavy atom. The highest BCUT2D eigenvalue weighted by Gasteiger charge is 2.40. The van der Waals surface area contributed by atoms with E-state index in [2.05, 4.69) is 254 Å². The van der Waals surface area contributed by atoms with Gasteiger partial charge in [-0.25, -0.2) is 0 Å². The average molecular weight is 810 g/mol. The first-order valence-corrected chi connectivity index (χ1v) is 22.1. The first kappa shape index (κ1) is 37.2. The van der Waals surface area contributed by atoms with E-state index in [1.54, 1.807) is 0 Å². The van der Waals surface area contributed by atoms with Crippen LogP contribution in [0.1, 0.15) is 49.9 Å². The average Bonchev–Trinajstić information content (AvgIpc) is 3.89. The lowest BCUT2D eigenvalue weighted by molar-refractivity contribution is 0.660. The number of para-hydroxylation sites is 5. The van der Waals surface area contributed by atoms with Crippen LogP contribution in [0.4, 0.5) is 34.1 Å². The molecular weight excluding hydrogens is 763 g/mol. The Bertz CT molecular complexity index is 3190. The summed E-state index contributed by atoms with van der Waals surface area (Å²) >= 11 is 0. The predicted molar refractivity (Wildman–Crippen MR) is 265 cm³/mol. The number of benzene rings is 9. The third-order valence-electron chi connectivity index (χ3n) is 13.9. The maximum absolute atomic E-state index is 2.53. The molecule has 302 valence electrons. The van der Waals surface area contributed by atoms with Crippen molar-refractivity contribution in [3.05, 3.63) is 235 Å². The van der Waals surface area contributed by atoms with Crippen LogP contribution in [0.2, 0.25) is 0 Å². The standard InChI is InChI=1S/C60H47N3/c1-59(2)47-32-16-14-28-45(47)55-49(59)34-20-36-51(55)61(40-22-8-5-9-23-40)53-38-18-30-43-44-31-19-39-54(58(44)63(57(43)53)42-26-12-7-13-27-42)62(41-24-10-6-11-25-41)52-37-21-35-50-56(52)46-29-15-17-33-48(46)60(50,3)4/h5-39H,1-4H3. The number of anilines is 6. The third-order valence-corrected chi connectivity index (χ3v) is 13.9. The summed E-state index contributed by atoms with van der Waals surface area (Å²) in [6.07, 6.45) is 0. The fourth-order valence-corrected chi connectivity index (χ4v) is 11.1. The van der Waals surface area contributed by atoms with Gasteiger partial charge in [0.2, 0.25) is 0 Å². The van der Waals surface area contributed by atoms with Gasteiger partial charge >= 0.3 is 0 Å². The first-order chi connectivity index (χ1) is 30.8. The number of hydrogen-bond acceptors (Lipinski definition) is 2. The minimum Gasteiger partial charge on any atom is -0.308 e. The number of nitrogens with zero attached hydrogens (tertiary/aromatic N) is 3. The fourth-order valence-electron chi connectivity index (χ4n) is 11.1. The molecule has 0 saturated carbocycles. The van der Waals surface area contributed by atoms with Gasteiger partial charge in [-0.1, -0.05) is 179 Å². The van der Waals surface area contributed by atoms with Gasteiger partial charge < -0.3 is 14.4 Å². The molecule has 0 radical (unpaired) electrons. The second-order valence-corrected chi connectivity index (χ2v) is 18.1. The van der Waals surface area contributed by atoms with E-state index in [-0.39, 0.29) is 10.8 Å². The van der Waals surface area contributed by atoms with Crippen LogP contribution >= 0.6 is 0 Å². The van der Waals surface area contributed by atoms with E-state index in [1.807, 2.05) is 0 Å². The monoisotopic (exact) mass is 809 g/mol. The molecule has 9 aromatic carbocycles. The molecule has 0 bridgehead atoms. The Balaban J connectivity index is 1.20. The SMILES string of the molecule is CC1(C)c2ccccc2-c2c(N(c3ccccc3)c3cccc4c5cccc(N(c6ccccc6)c6cccc7c6-c6ccccc6C7(C)C)c5n(-c5ccccc5)c34)cccc21. The van der Waals surface area contributed by atoms with Gasteiger partial charge in [0.05, 0.1) is 33.8 Å². The van der Waals surface area contributed by atoms with Gasteiger partial charge in [-0.2, -0.15) is 0 Å². The van der Waals surface area contributed by atoms with Gasteiger partial charge in [-0.3, -0.25) is 0 Å². The largest absolute Gasteiger partial charge is 0.308 e. The zero-order valence-corrected chi connectivity index (χ0v) is 36.0. The van der Waals surface area contributed by atoms with E-state index in [0.717, 1.165) is 39.5 Å². The van der Waals surface area contributed by atoms with E-state index in [1.165, 1.54) is 66.7 Å². The van der Waals surface area contributed by atoms with E-state index in [0.29, 0.717) is 0 Å². The van der Waals surface area contributed by atoms with Crippen LogP contribution in [0.3, 0.4) is 0 Å². The minimum absolute atomic E-state index is 0.140. The number of rotatable bonds is 7. The summed E-state index contributed by atoms with van der Waals surface area (Å²) in [6.45, 7) is 9.46. The van der Waals surface area contributed by atoms with Gasteiger partial charge in [-0.05, 0) is 94.0 Å². The highest BCUT2D eigenvalue weighted by Crippen LogP contribution is 2.57. The van der Waals surface area contributed by atoms with Crippen molar-refractivity contribution in [3.8, 4) is 27.9 Å². The van der Waals surface area contributed by atoms with Crippen molar-refractivity contribution < 1.29 is 0 Å². The van der Waals surface area contributed by atoms with Crippen LogP contribution in [0.25, 0.3) is 49.7 Å². The number of aromatic nitrogens is 1. The van der Waals surface area contributed by atoms with Crippen LogP contribution < -0.4 is 9.80 Å². The Morgan fingerprint density at radius 2 is 0.667 bits per heavy atom. The molecule has 1 heterocycles. The molecule has 0 spiro atoms. The van der Waals surface area contributed by atoms with Gasteiger partial charge in [-0.15, -0.1) is 0 Å². The second kappa shape index (κ2) is 14.0. The van der Waals surface area contributed by atoms with Crippen LogP contribution in [0.5, 0.6) is 0 Å². The first-order valence-electron chi connectivity index (χ1n) is 22.1. The summed E-state index contributed by atoms with van der Waals surface area (Å²) in [5.74, 6) is 0. The van der Waals surface area contributed by atoms with Crippen molar-refractivity contribution >= 4 is 55.9 Å². The topological polar surface area (TPSA) is 11.4 Å². The van der Waals surface area contributed by atoms with Crippen LogP contribution in [-0.4, -0.2) is 4.57 Å². The molecule has 3 heteroatoms. The molecule has 10 aromatic rings. The summed E-state index contributed by atoms with van der Waals surface area (Å²) < 4.78 is 2.53. The van der Waals surface area contributed by atoms with E-state index < -0.39 is 0 Å². The Morgan fingerprint density at radius 1 is 0.317 bits per heavy atom. The summed E-state index contributed by atoms with van der Waals surface area (Å²) in [6, 6.07) is 78.3. The van der Waals surface area contributed by atoms with Gasteiger partial charge in [0, 0.05) is 49.8 Å². The van der Waals surface area contributed by atoms with Gasteiger partial charge in [0.1, 0.15) is 0 Å². The predicted octanol–water partition coefficient (Wildman–Crippen LogP) is 16.3. The van der Waals surface area contributed by atoms with Gasteiger partial charge in [0.15, 0.2) is 0 Å². The zero-order valence-electron chi connectivity index (χ0n) is 36.0. The van der Waals surface area contributed by atoms with Crippen molar-refractivity contribution in [1.29, 1.82) is 0 Å². The second-order valence-electron chi connectivity index (χ2n) is 18.1. The quantitative estimate of drug-likeness (QED) is 0.159. The van der Waals surface area contributed by atoms with Crippen LogP contribution in [0.15, 0.2) is 212 Å². The van der Waals surface area contributed by atoms with Crippen LogP contribution in [-0.2, 0) is 10.8 Å². The van der Waals surface area contributed by atoms with Crippen molar-refractivity contribution in [2.24, 2.45) is 0 Å². The van der Waals surface area contributed by atoms with Crippen molar-refractivity contribution in [2.75, 3.05) is 9.80 Å². The zero-order chi connectivity index (χ0) is 42.5. The molecule has 63 heavy (non-hydrogen) atoms. The smallest absolute Gasteiger partial charge is 0.0783 e. The molecule has 0 unspecified atom stereocenters. The Hall–Kier alpha value is -7.62. The molecule has 0 fully saturated rings. The molecule has 0 aliphatic heterocycles. The number of fused-ring (bicyclic) bond motifs is 9. The molecule has 1 aromatic heterocycles. The van der Waals surface area contributed by atoms with Crippen molar-refractivity contribution in [3.63, 3.8) is 0 Å². The van der Waals surface area contributed by atoms with Crippen LogP contribution in [0, 0.1) is 0 Å². The molecule has 0 N–H and O–H groups in total. The molecule has 0 atom stereocenters.